The molecule has 5 nitrogen and oxygen atoms in total. The van der Waals surface area contributed by atoms with Crippen LogP contribution in [0.5, 0.6) is 0 Å². The molecule has 25 heavy (non-hydrogen) atoms. The molecule has 3 rings (SSSR count). The predicted octanol–water partition coefficient (Wildman–Crippen LogP) is 4.88. The zero-order chi connectivity index (χ0) is 18.0. The van der Waals surface area contributed by atoms with E-state index in [-0.39, 0.29) is 10.9 Å². The Balaban J connectivity index is 1.87. The van der Waals surface area contributed by atoms with E-state index in [4.69, 9.17) is 0 Å². The van der Waals surface area contributed by atoms with E-state index >= 15 is 0 Å². The average molecular weight is 365 g/mol. The predicted molar refractivity (Wildman–Crippen MR) is 89.8 cm³/mol. The van der Waals surface area contributed by atoms with Crippen molar-refractivity contribution < 1.29 is 13.2 Å². The molecular weight excluding hydrogens is 351 g/mol. The molecule has 0 aliphatic rings. The molecule has 0 saturated carbocycles. The third-order valence-electron chi connectivity index (χ3n) is 3.44. The fourth-order valence-electron chi connectivity index (χ4n) is 2.14. The van der Waals surface area contributed by atoms with Crippen molar-refractivity contribution in [2.75, 3.05) is 5.32 Å². The largest absolute Gasteiger partial charge is 0.419 e. The van der Waals surface area contributed by atoms with E-state index in [1.54, 1.807) is 6.20 Å². The minimum Gasteiger partial charge on any atom is -0.314 e. The number of anilines is 2. The highest BCUT2D eigenvalue weighted by atomic mass is 32.1. The van der Waals surface area contributed by atoms with E-state index < -0.39 is 11.7 Å². The standard InChI is InChI=1S/C16H14F3N5S/c1-9(2)10-5-7-20-12(8-10)14-23-15(25-24-14)22-13-11(16(17,18)19)4-3-6-21-13/h3-9H,1-2H3,(H,21,22,23,24). The van der Waals surface area contributed by atoms with Gasteiger partial charge in [0.2, 0.25) is 5.13 Å². The Labute approximate surface area is 146 Å². The van der Waals surface area contributed by atoms with Crippen LogP contribution in [0.4, 0.5) is 24.1 Å². The summed E-state index contributed by atoms with van der Waals surface area (Å²) in [6, 6.07) is 5.98. The molecule has 0 aliphatic carbocycles. The molecule has 0 amide bonds. The van der Waals surface area contributed by atoms with Gasteiger partial charge in [-0.15, -0.1) is 0 Å². The van der Waals surface area contributed by atoms with E-state index in [1.165, 1.54) is 12.3 Å². The average Bonchev–Trinajstić information content (AvgIpc) is 3.03. The molecule has 0 fully saturated rings. The van der Waals surface area contributed by atoms with Gasteiger partial charge in [0.15, 0.2) is 5.82 Å². The lowest BCUT2D eigenvalue weighted by Gasteiger charge is -2.11. The number of hydrogen-bond donors (Lipinski definition) is 1. The zero-order valence-electron chi connectivity index (χ0n) is 13.4. The quantitative estimate of drug-likeness (QED) is 0.714. The summed E-state index contributed by atoms with van der Waals surface area (Å²) in [5.41, 5.74) is 0.803. The van der Waals surface area contributed by atoms with Gasteiger partial charge in [-0.2, -0.15) is 22.5 Å². The van der Waals surface area contributed by atoms with Gasteiger partial charge in [-0.3, -0.25) is 4.98 Å². The minimum absolute atomic E-state index is 0.218. The second-order valence-corrected chi connectivity index (χ2v) is 6.33. The van der Waals surface area contributed by atoms with E-state index in [0.29, 0.717) is 17.4 Å². The zero-order valence-corrected chi connectivity index (χ0v) is 14.2. The van der Waals surface area contributed by atoms with E-state index in [1.807, 2.05) is 12.1 Å². The number of halogens is 3. The number of nitrogens with one attached hydrogen (secondary N) is 1. The van der Waals surface area contributed by atoms with Crippen LogP contribution in [-0.2, 0) is 6.18 Å². The molecular formula is C16H14F3N5S. The summed E-state index contributed by atoms with van der Waals surface area (Å²) < 4.78 is 43.2. The summed E-state index contributed by atoms with van der Waals surface area (Å²) in [4.78, 5) is 12.2. The summed E-state index contributed by atoms with van der Waals surface area (Å²) in [7, 11) is 0. The second kappa shape index (κ2) is 6.75. The third-order valence-corrected chi connectivity index (χ3v) is 4.07. The minimum atomic E-state index is -4.50. The van der Waals surface area contributed by atoms with Crippen LogP contribution in [0.15, 0.2) is 36.7 Å². The van der Waals surface area contributed by atoms with E-state index in [9.17, 15) is 13.2 Å². The summed E-state index contributed by atoms with van der Waals surface area (Å²) in [6.07, 6.45) is -1.55. The molecule has 0 bridgehead atoms. The highest BCUT2D eigenvalue weighted by Crippen LogP contribution is 2.35. The lowest BCUT2D eigenvalue weighted by molar-refractivity contribution is -0.137. The number of rotatable bonds is 4. The van der Waals surface area contributed by atoms with Crippen molar-refractivity contribution in [3.8, 4) is 11.5 Å². The van der Waals surface area contributed by atoms with Crippen molar-refractivity contribution in [2.24, 2.45) is 0 Å². The van der Waals surface area contributed by atoms with Gasteiger partial charge in [0.05, 0.1) is 5.56 Å². The van der Waals surface area contributed by atoms with Gasteiger partial charge in [0.25, 0.3) is 0 Å². The van der Waals surface area contributed by atoms with Crippen molar-refractivity contribution in [1.29, 1.82) is 0 Å². The molecule has 0 aliphatic heterocycles. The van der Waals surface area contributed by atoms with E-state index in [0.717, 1.165) is 23.2 Å². The number of hydrogen-bond acceptors (Lipinski definition) is 6. The Kier molecular flexibility index (Phi) is 4.67. The van der Waals surface area contributed by atoms with Crippen molar-refractivity contribution in [1.82, 2.24) is 19.3 Å². The monoisotopic (exact) mass is 365 g/mol. The van der Waals surface area contributed by atoms with Crippen LogP contribution >= 0.6 is 11.5 Å². The number of pyridine rings is 2. The molecule has 3 aromatic heterocycles. The maximum absolute atomic E-state index is 13.0. The molecule has 3 heterocycles. The first kappa shape index (κ1) is 17.3. The molecule has 0 saturated heterocycles. The van der Waals surface area contributed by atoms with E-state index in [2.05, 4.69) is 38.5 Å². The van der Waals surface area contributed by atoms with Crippen LogP contribution in [0.3, 0.4) is 0 Å². The lowest BCUT2D eigenvalue weighted by atomic mass is 10.0. The Bertz CT molecular complexity index is 876. The van der Waals surface area contributed by atoms with Crippen LogP contribution in [0, 0.1) is 0 Å². The molecule has 0 radical (unpaired) electrons. The molecule has 0 spiro atoms. The first-order valence-electron chi connectivity index (χ1n) is 7.44. The SMILES string of the molecule is CC(C)c1ccnc(-c2nsc(Nc3ncccc3C(F)(F)F)n2)c1. The van der Waals surface area contributed by atoms with Gasteiger partial charge in [-0.25, -0.2) is 4.98 Å². The van der Waals surface area contributed by atoms with Gasteiger partial charge in [-0.05, 0) is 35.7 Å². The number of alkyl halides is 3. The first-order valence-corrected chi connectivity index (χ1v) is 8.21. The van der Waals surface area contributed by atoms with Crippen LogP contribution in [0.2, 0.25) is 0 Å². The maximum Gasteiger partial charge on any atom is 0.419 e. The number of aromatic nitrogens is 4. The lowest BCUT2D eigenvalue weighted by Crippen LogP contribution is -2.09. The fourth-order valence-corrected chi connectivity index (χ4v) is 2.72. The van der Waals surface area contributed by atoms with Crippen molar-refractivity contribution in [2.45, 2.75) is 25.9 Å². The molecule has 3 aromatic rings. The normalized spacial score (nSPS) is 11.8. The molecule has 0 aromatic carbocycles. The summed E-state index contributed by atoms with van der Waals surface area (Å²) in [5, 5.41) is 2.81. The Morgan fingerprint density at radius 2 is 1.92 bits per heavy atom. The highest BCUT2D eigenvalue weighted by Gasteiger charge is 2.34. The van der Waals surface area contributed by atoms with Crippen LogP contribution < -0.4 is 5.32 Å². The van der Waals surface area contributed by atoms with Gasteiger partial charge >= 0.3 is 6.18 Å². The third kappa shape index (κ3) is 3.93. The topological polar surface area (TPSA) is 63.6 Å². The Hall–Kier alpha value is -2.55. The smallest absolute Gasteiger partial charge is 0.314 e. The van der Waals surface area contributed by atoms with Crippen molar-refractivity contribution in [3.05, 3.63) is 47.8 Å². The highest BCUT2D eigenvalue weighted by molar-refractivity contribution is 7.09. The maximum atomic E-state index is 13.0. The summed E-state index contributed by atoms with van der Waals surface area (Å²) in [6.45, 7) is 4.11. The summed E-state index contributed by atoms with van der Waals surface area (Å²) in [5.74, 6) is 0.377. The number of nitrogens with zero attached hydrogens (tertiary/aromatic N) is 4. The first-order chi connectivity index (χ1) is 11.8. The summed E-state index contributed by atoms with van der Waals surface area (Å²) >= 11 is 0.953. The Morgan fingerprint density at radius 3 is 2.64 bits per heavy atom. The van der Waals surface area contributed by atoms with Crippen LogP contribution in [0.25, 0.3) is 11.5 Å². The fraction of sp³-hybridized carbons (Fsp3) is 0.250. The van der Waals surface area contributed by atoms with Crippen molar-refractivity contribution in [3.63, 3.8) is 0 Å². The Morgan fingerprint density at radius 1 is 1.12 bits per heavy atom. The molecule has 9 heteroatoms. The van der Waals surface area contributed by atoms with Gasteiger partial charge < -0.3 is 5.32 Å². The molecule has 0 atom stereocenters. The van der Waals surface area contributed by atoms with Crippen LogP contribution in [-0.4, -0.2) is 19.3 Å². The van der Waals surface area contributed by atoms with Gasteiger partial charge in [0.1, 0.15) is 11.5 Å². The molecule has 0 unspecified atom stereocenters. The molecule has 130 valence electrons. The van der Waals surface area contributed by atoms with Crippen molar-refractivity contribution >= 4 is 22.5 Å². The van der Waals surface area contributed by atoms with Gasteiger partial charge in [0, 0.05) is 23.9 Å². The van der Waals surface area contributed by atoms with Gasteiger partial charge in [-0.1, -0.05) is 13.8 Å². The van der Waals surface area contributed by atoms with Crippen LogP contribution in [0.1, 0.15) is 30.9 Å². The molecule has 1 N–H and O–H groups in total. The second-order valence-electron chi connectivity index (χ2n) is 5.57.